The number of carbonyl (C=O) groups excluding carboxylic acids is 2. The number of hydrogen-bond donors (Lipinski definition) is 1. The lowest BCUT2D eigenvalue weighted by Gasteiger charge is -2.15. The van der Waals surface area contributed by atoms with Gasteiger partial charge in [0, 0.05) is 12.8 Å². The van der Waals surface area contributed by atoms with Gasteiger partial charge >= 0.3 is 11.9 Å². The van der Waals surface area contributed by atoms with Crippen LogP contribution in [0.4, 0.5) is 0 Å². The Morgan fingerprint density at radius 3 is 1.06 bits per heavy atom. The minimum absolute atomic E-state index is 0.0628. The summed E-state index contributed by atoms with van der Waals surface area (Å²) in [5, 5.41) is 9.57. The number of esters is 2. The maximum atomic E-state index is 12.2. The number of ether oxygens (including phenoxy) is 2. The summed E-state index contributed by atoms with van der Waals surface area (Å²) in [6.07, 6.45) is 50.1. The number of hydrogen-bond acceptors (Lipinski definition) is 5. The summed E-state index contributed by atoms with van der Waals surface area (Å²) >= 11 is 0. The van der Waals surface area contributed by atoms with Gasteiger partial charge in [-0.3, -0.25) is 9.59 Å². The predicted octanol–water partition coefficient (Wildman–Crippen LogP) is 14.5. The molecule has 0 aliphatic heterocycles. The van der Waals surface area contributed by atoms with Crippen LogP contribution in [0.25, 0.3) is 0 Å². The molecule has 1 atom stereocenters. The highest BCUT2D eigenvalue weighted by Gasteiger charge is 2.16. The normalized spacial score (nSPS) is 12.1. The molecule has 5 nitrogen and oxygen atoms in total. The van der Waals surface area contributed by atoms with Gasteiger partial charge in [-0.25, -0.2) is 0 Å². The average molecular weight is 721 g/mol. The van der Waals surface area contributed by atoms with Crippen LogP contribution in [0.1, 0.15) is 251 Å². The van der Waals surface area contributed by atoms with Crippen LogP contribution >= 0.6 is 0 Å². The molecule has 0 fully saturated rings. The fourth-order valence-electron chi connectivity index (χ4n) is 6.85. The predicted molar refractivity (Wildman–Crippen MR) is 219 cm³/mol. The summed E-state index contributed by atoms with van der Waals surface area (Å²) in [5.74, 6) is -0.586. The Morgan fingerprint density at radius 2 is 0.725 bits per heavy atom. The van der Waals surface area contributed by atoms with Gasteiger partial charge in [-0.2, -0.15) is 0 Å². The van der Waals surface area contributed by atoms with Crippen molar-refractivity contribution in [3.63, 3.8) is 0 Å². The summed E-state index contributed by atoms with van der Waals surface area (Å²) in [4.78, 5) is 24.3. The highest BCUT2D eigenvalue weighted by Crippen LogP contribution is 2.16. The molecule has 5 heteroatoms. The monoisotopic (exact) mass is 721 g/mol. The van der Waals surface area contributed by atoms with Crippen molar-refractivity contribution in [1.82, 2.24) is 0 Å². The first-order chi connectivity index (χ1) is 25.1. The smallest absolute Gasteiger partial charge is 0.306 e. The molecule has 0 aromatic heterocycles. The second-order valence-corrected chi connectivity index (χ2v) is 15.5. The largest absolute Gasteiger partial charge is 0.462 e. The van der Waals surface area contributed by atoms with E-state index >= 15 is 0 Å². The Labute approximate surface area is 318 Å². The Balaban J connectivity index is 3.45. The van der Waals surface area contributed by atoms with E-state index in [1.165, 1.54) is 186 Å². The zero-order valence-electron chi connectivity index (χ0n) is 34.4. The number of aliphatic hydroxyl groups is 1. The van der Waals surface area contributed by atoms with E-state index in [9.17, 15) is 14.7 Å². The van der Waals surface area contributed by atoms with Crippen LogP contribution in [0.15, 0.2) is 12.2 Å². The lowest BCUT2D eigenvalue weighted by molar-refractivity contribution is -0.161. The Hall–Kier alpha value is -1.36. The lowest BCUT2D eigenvalue weighted by atomic mass is 10.0. The summed E-state index contributed by atoms with van der Waals surface area (Å²) < 4.78 is 10.6. The molecule has 1 N–H and O–H groups in total. The van der Waals surface area contributed by atoms with Crippen molar-refractivity contribution in [2.75, 3.05) is 13.2 Å². The minimum Gasteiger partial charge on any atom is -0.462 e. The summed E-state index contributed by atoms with van der Waals surface area (Å²) in [5.41, 5.74) is 0. The summed E-state index contributed by atoms with van der Waals surface area (Å²) in [6.45, 7) is 4.15. The molecular weight excluding hydrogens is 633 g/mol. The van der Waals surface area contributed by atoms with Crippen LogP contribution in [0.2, 0.25) is 0 Å². The Kier molecular flexibility index (Phi) is 41.9. The van der Waals surface area contributed by atoms with Crippen LogP contribution < -0.4 is 0 Å². The van der Waals surface area contributed by atoms with Crippen molar-refractivity contribution in [2.45, 2.75) is 258 Å². The summed E-state index contributed by atoms with van der Waals surface area (Å²) in [7, 11) is 0. The maximum Gasteiger partial charge on any atom is 0.306 e. The van der Waals surface area contributed by atoms with Gasteiger partial charge in [0.2, 0.25) is 0 Å². The fourth-order valence-corrected chi connectivity index (χ4v) is 6.85. The molecule has 0 rings (SSSR count). The minimum atomic E-state index is -0.769. The Morgan fingerprint density at radius 1 is 0.431 bits per heavy atom. The second kappa shape index (κ2) is 43.0. The third-order valence-corrected chi connectivity index (χ3v) is 10.3. The molecule has 0 radical (unpaired) electrons. The topological polar surface area (TPSA) is 72.8 Å². The molecule has 0 aliphatic carbocycles. The first-order valence-corrected chi connectivity index (χ1v) is 22.7. The van der Waals surface area contributed by atoms with Crippen LogP contribution in [0, 0.1) is 0 Å². The molecule has 0 unspecified atom stereocenters. The fraction of sp³-hybridized carbons (Fsp3) is 0.913. The number of aliphatic hydroxyl groups excluding tert-OH is 1. The molecule has 0 aromatic carbocycles. The second-order valence-electron chi connectivity index (χ2n) is 15.5. The number of carbonyl (C=O) groups is 2. The van der Waals surface area contributed by atoms with Crippen molar-refractivity contribution < 1.29 is 24.2 Å². The molecule has 0 bridgehead atoms. The van der Waals surface area contributed by atoms with Crippen molar-refractivity contribution in [3.05, 3.63) is 12.2 Å². The number of allylic oxidation sites excluding steroid dienone is 2. The van der Waals surface area contributed by atoms with Crippen molar-refractivity contribution in [1.29, 1.82) is 0 Å². The van der Waals surface area contributed by atoms with Gasteiger partial charge in [0.25, 0.3) is 0 Å². The average Bonchev–Trinajstić information content (AvgIpc) is 3.13. The third-order valence-electron chi connectivity index (χ3n) is 10.3. The third kappa shape index (κ3) is 41.3. The SMILES string of the molecule is CCCCCCC/C=C/CCCCCCCC(=O)O[C@@H](CO)COC(=O)CCCCCCCCCCCCCCCCCCCCCCCCC. The van der Waals surface area contributed by atoms with E-state index in [-0.39, 0.29) is 25.2 Å². The van der Waals surface area contributed by atoms with Crippen molar-refractivity contribution in [2.24, 2.45) is 0 Å². The standard InChI is InChI=1S/C46H88O5/c1-3-5-7-9-11-13-15-17-19-20-21-22-23-24-25-26-27-29-30-32-34-36-38-40-45(48)50-43-44(42-47)51-46(49)41-39-37-35-33-31-28-18-16-14-12-10-8-6-4-2/h16,18,44,47H,3-15,17,19-43H2,1-2H3/b18-16+/t44-/m0/s1. The van der Waals surface area contributed by atoms with Crippen LogP contribution in [0.3, 0.4) is 0 Å². The van der Waals surface area contributed by atoms with Gasteiger partial charge in [0.05, 0.1) is 6.61 Å². The Bertz CT molecular complexity index is 735. The molecule has 0 saturated carbocycles. The van der Waals surface area contributed by atoms with Crippen LogP contribution in [-0.2, 0) is 19.1 Å². The van der Waals surface area contributed by atoms with E-state index in [1.807, 2.05) is 0 Å². The lowest BCUT2D eigenvalue weighted by Crippen LogP contribution is -2.28. The van der Waals surface area contributed by atoms with Crippen molar-refractivity contribution in [3.8, 4) is 0 Å². The molecule has 0 amide bonds. The van der Waals surface area contributed by atoms with Gasteiger partial charge in [0.15, 0.2) is 6.10 Å². The summed E-state index contributed by atoms with van der Waals surface area (Å²) in [6, 6.07) is 0. The number of rotatable bonds is 42. The molecule has 302 valence electrons. The molecule has 51 heavy (non-hydrogen) atoms. The van der Waals surface area contributed by atoms with E-state index in [1.54, 1.807) is 0 Å². The van der Waals surface area contributed by atoms with E-state index in [4.69, 9.17) is 9.47 Å². The zero-order valence-corrected chi connectivity index (χ0v) is 34.4. The van der Waals surface area contributed by atoms with Gasteiger partial charge in [0.1, 0.15) is 6.61 Å². The highest BCUT2D eigenvalue weighted by atomic mass is 16.6. The maximum absolute atomic E-state index is 12.2. The number of unbranched alkanes of at least 4 members (excludes halogenated alkanes) is 32. The van der Waals surface area contributed by atoms with Gasteiger partial charge in [-0.15, -0.1) is 0 Å². The van der Waals surface area contributed by atoms with E-state index in [0.29, 0.717) is 12.8 Å². The highest BCUT2D eigenvalue weighted by molar-refractivity contribution is 5.70. The zero-order chi connectivity index (χ0) is 37.1. The molecule has 0 spiro atoms. The molecule has 0 aliphatic rings. The quantitative estimate of drug-likeness (QED) is 0.0386. The molecule has 0 aromatic rings. The molecule has 0 saturated heterocycles. The van der Waals surface area contributed by atoms with E-state index in [0.717, 1.165) is 38.5 Å². The molecular formula is C46H88O5. The van der Waals surface area contributed by atoms with E-state index < -0.39 is 6.10 Å². The van der Waals surface area contributed by atoms with Crippen molar-refractivity contribution >= 4 is 11.9 Å². The molecule has 0 heterocycles. The van der Waals surface area contributed by atoms with E-state index in [2.05, 4.69) is 26.0 Å². The van der Waals surface area contributed by atoms with Gasteiger partial charge < -0.3 is 14.6 Å². The van der Waals surface area contributed by atoms with Gasteiger partial charge in [-0.1, -0.05) is 212 Å². The van der Waals surface area contributed by atoms with Crippen LogP contribution in [0.5, 0.6) is 0 Å². The van der Waals surface area contributed by atoms with Gasteiger partial charge in [-0.05, 0) is 38.5 Å². The first kappa shape index (κ1) is 49.6. The van der Waals surface area contributed by atoms with Crippen LogP contribution in [-0.4, -0.2) is 36.4 Å². The first-order valence-electron chi connectivity index (χ1n) is 22.7.